The lowest BCUT2D eigenvalue weighted by Crippen LogP contribution is -2.15. The molecule has 1 saturated heterocycles. The van der Waals surface area contributed by atoms with Gasteiger partial charge in [-0.25, -0.2) is 0 Å². The van der Waals surface area contributed by atoms with Crippen molar-refractivity contribution in [2.24, 2.45) is 0 Å². The zero-order chi connectivity index (χ0) is 10.7. The monoisotopic (exact) mass is 204 g/mol. The van der Waals surface area contributed by atoms with Crippen LogP contribution in [0.25, 0.3) is 0 Å². The summed E-state index contributed by atoms with van der Waals surface area (Å²) in [5.74, 6) is 0. The minimum Gasteiger partial charge on any atom is -0.372 e. The van der Waals surface area contributed by atoms with E-state index < -0.39 is 0 Å². The van der Waals surface area contributed by atoms with Gasteiger partial charge in [0.25, 0.3) is 0 Å². The van der Waals surface area contributed by atoms with Crippen molar-refractivity contribution in [1.82, 2.24) is 0 Å². The van der Waals surface area contributed by atoms with E-state index in [0.717, 1.165) is 0 Å². The molecule has 0 aliphatic carbocycles. The summed E-state index contributed by atoms with van der Waals surface area (Å²) in [4.78, 5) is 0. The number of hydrogen-bond acceptors (Lipinski definition) is 2. The van der Waals surface area contributed by atoms with Crippen molar-refractivity contribution < 1.29 is 9.47 Å². The van der Waals surface area contributed by atoms with Gasteiger partial charge in [0.15, 0.2) is 0 Å². The number of rotatable bonds is 5. The van der Waals surface area contributed by atoms with Crippen molar-refractivity contribution in [3.63, 3.8) is 0 Å². The molecule has 2 rings (SSSR count). The molecule has 0 N–H and O–H groups in total. The molecule has 1 unspecified atom stereocenters. The van der Waals surface area contributed by atoms with Crippen molar-refractivity contribution in [2.45, 2.75) is 25.2 Å². The molecule has 15 heavy (non-hydrogen) atoms. The second-order valence-corrected chi connectivity index (χ2v) is 3.76. The van der Waals surface area contributed by atoms with Crippen LogP contribution in [0.3, 0.4) is 0 Å². The lowest BCUT2D eigenvalue weighted by molar-refractivity contribution is 0.0653. The average molecular weight is 204 g/mol. The van der Waals surface area contributed by atoms with Gasteiger partial charge in [0.05, 0.1) is 12.7 Å². The molecule has 0 saturated carbocycles. The van der Waals surface area contributed by atoms with Crippen LogP contribution in [0.15, 0.2) is 43.0 Å². The van der Waals surface area contributed by atoms with E-state index in [2.05, 4.69) is 18.7 Å². The molecule has 2 heteroatoms. The van der Waals surface area contributed by atoms with Crippen LogP contribution in [0.1, 0.15) is 18.6 Å². The topological polar surface area (TPSA) is 21.8 Å². The Bertz CT molecular complexity index is 321. The SMILES string of the molecule is C=CCOC(C)[C@H]1O[C@H]1c1ccccc1. The van der Waals surface area contributed by atoms with Gasteiger partial charge < -0.3 is 9.47 Å². The summed E-state index contributed by atoms with van der Waals surface area (Å²) in [6, 6.07) is 10.3. The van der Waals surface area contributed by atoms with E-state index in [0.29, 0.717) is 6.61 Å². The molecule has 1 aromatic carbocycles. The molecular weight excluding hydrogens is 188 g/mol. The lowest BCUT2D eigenvalue weighted by atomic mass is 10.1. The Kier molecular flexibility index (Phi) is 3.19. The highest BCUT2D eigenvalue weighted by Gasteiger charge is 2.44. The summed E-state index contributed by atoms with van der Waals surface area (Å²) in [5, 5.41) is 0. The van der Waals surface area contributed by atoms with Crippen molar-refractivity contribution in [2.75, 3.05) is 6.61 Å². The van der Waals surface area contributed by atoms with E-state index in [1.165, 1.54) is 5.56 Å². The van der Waals surface area contributed by atoms with Crippen LogP contribution in [-0.2, 0) is 9.47 Å². The molecule has 2 nitrogen and oxygen atoms in total. The maximum atomic E-state index is 5.60. The summed E-state index contributed by atoms with van der Waals surface area (Å²) in [5.41, 5.74) is 1.23. The Labute approximate surface area is 90.5 Å². The normalized spacial score (nSPS) is 25.9. The van der Waals surface area contributed by atoms with Gasteiger partial charge in [0, 0.05) is 0 Å². The Balaban J connectivity index is 1.88. The van der Waals surface area contributed by atoms with Crippen LogP contribution in [0.4, 0.5) is 0 Å². The molecule has 0 spiro atoms. The van der Waals surface area contributed by atoms with E-state index in [1.807, 2.05) is 25.1 Å². The number of ether oxygens (including phenoxy) is 2. The van der Waals surface area contributed by atoms with Gasteiger partial charge in [0.2, 0.25) is 0 Å². The Morgan fingerprint density at radius 3 is 2.87 bits per heavy atom. The maximum Gasteiger partial charge on any atom is 0.115 e. The van der Waals surface area contributed by atoms with E-state index in [-0.39, 0.29) is 18.3 Å². The minimum atomic E-state index is 0.133. The molecule has 1 aromatic rings. The first-order valence-corrected chi connectivity index (χ1v) is 5.26. The largest absolute Gasteiger partial charge is 0.372 e. The summed E-state index contributed by atoms with van der Waals surface area (Å²) >= 11 is 0. The standard InChI is InChI=1S/C13H16O2/c1-3-9-14-10(2)12-13(15-12)11-7-5-4-6-8-11/h3-8,10,12-13H,1,9H2,2H3/t10?,12-,13+/m1/s1. The van der Waals surface area contributed by atoms with Gasteiger partial charge in [-0.3, -0.25) is 0 Å². The van der Waals surface area contributed by atoms with Crippen LogP contribution in [-0.4, -0.2) is 18.8 Å². The molecule has 3 atom stereocenters. The first-order chi connectivity index (χ1) is 7.33. The summed E-state index contributed by atoms with van der Waals surface area (Å²) in [6.07, 6.45) is 2.31. The maximum absolute atomic E-state index is 5.60. The minimum absolute atomic E-state index is 0.133. The molecule has 1 heterocycles. The fourth-order valence-electron chi connectivity index (χ4n) is 1.71. The highest BCUT2D eigenvalue weighted by molar-refractivity contribution is 5.22. The average Bonchev–Trinajstić information content (AvgIpc) is 3.07. The van der Waals surface area contributed by atoms with E-state index in [9.17, 15) is 0 Å². The van der Waals surface area contributed by atoms with Crippen molar-refractivity contribution in [3.8, 4) is 0 Å². The Hall–Kier alpha value is -1.12. The van der Waals surface area contributed by atoms with Crippen LogP contribution >= 0.6 is 0 Å². The van der Waals surface area contributed by atoms with E-state index in [1.54, 1.807) is 6.08 Å². The van der Waals surface area contributed by atoms with Crippen LogP contribution < -0.4 is 0 Å². The fourth-order valence-corrected chi connectivity index (χ4v) is 1.71. The zero-order valence-electron chi connectivity index (χ0n) is 8.93. The predicted octanol–water partition coefficient (Wildman–Crippen LogP) is 2.72. The highest BCUT2D eigenvalue weighted by Crippen LogP contribution is 2.41. The quantitative estimate of drug-likeness (QED) is 0.543. The Morgan fingerprint density at radius 1 is 1.47 bits per heavy atom. The van der Waals surface area contributed by atoms with Gasteiger partial charge in [-0.05, 0) is 12.5 Å². The number of hydrogen-bond donors (Lipinski definition) is 0. The first kappa shape index (κ1) is 10.4. The van der Waals surface area contributed by atoms with Gasteiger partial charge in [0.1, 0.15) is 12.2 Å². The molecule has 1 aliphatic rings. The highest BCUT2D eigenvalue weighted by atomic mass is 16.6. The smallest absolute Gasteiger partial charge is 0.115 e. The van der Waals surface area contributed by atoms with Crippen molar-refractivity contribution in [1.29, 1.82) is 0 Å². The van der Waals surface area contributed by atoms with Gasteiger partial charge >= 0.3 is 0 Å². The molecule has 1 aliphatic heterocycles. The van der Waals surface area contributed by atoms with Gasteiger partial charge in [-0.1, -0.05) is 36.4 Å². The third kappa shape index (κ3) is 2.46. The van der Waals surface area contributed by atoms with Crippen LogP contribution in [0.2, 0.25) is 0 Å². The third-order valence-electron chi connectivity index (χ3n) is 2.59. The molecular formula is C13H16O2. The van der Waals surface area contributed by atoms with Crippen LogP contribution in [0.5, 0.6) is 0 Å². The lowest BCUT2D eigenvalue weighted by Gasteiger charge is -2.07. The molecule has 0 aromatic heterocycles. The Morgan fingerprint density at radius 2 is 2.20 bits per heavy atom. The van der Waals surface area contributed by atoms with Crippen molar-refractivity contribution in [3.05, 3.63) is 48.6 Å². The number of benzene rings is 1. The first-order valence-electron chi connectivity index (χ1n) is 5.26. The molecule has 80 valence electrons. The number of epoxide rings is 1. The van der Waals surface area contributed by atoms with E-state index in [4.69, 9.17) is 9.47 Å². The summed E-state index contributed by atoms with van der Waals surface area (Å²) < 4.78 is 11.1. The summed E-state index contributed by atoms with van der Waals surface area (Å²) in [6.45, 7) is 6.25. The van der Waals surface area contributed by atoms with Crippen LogP contribution in [0, 0.1) is 0 Å². The summed E-state index contributed by atoms with van der Waals surface area (Å²) in [7, 11) is 0. The second-order valence-electron chi connectivity index (χ2n) is 3.76. The van der Waals surface area contributed by atoms with E-state index >= 15 is 0 Å². The van der Waals surface area contributed by atoms with Gasteiger partial charge in [-0.2, -0.15) is 0 Å². The predicted molar refractivity (Wildman–Crippen MR) is 59.7 cm³/mol. The third-order valence-corrected chi connectivity index (χ3v) is 2.59. The fraction of sp³-hybridized carbons (Fsp3) is 0.385. The molecule has 0 bridgehead atoms. The molecule has 0 radical (unpaired) electrons. The molecule has 0 amide bonds. The second kappa shape index (κ2) is 4.60. The van der Waals surface area contributed by atoms with Gasteiger partial charge in [-0.15, -0.1) is 6.58 Å². The zero-order valence-corrected chi connectivity index (χ0v) is 8.93. The molecule has 1 fully saturated rings. The van der Waals surface area contributed by atoms with Crippen molar-refractivity contribution >= 4 is 0 Å².